The number of allylic oxidation sites excluding steroid dienone is 4. The van der Waals surface area contributed by atoms with E-state index in [-0.39, 0.29) is 5.41 Å². The van der Waals surface area contributed by atoms with Crippen LogP contribution in [0.3, 0.4) is 0 Å². The molecule has 0 aromatic heterocycles. The van der Waals surface area contributed by atoms with Crippen LogP contribution in [0.15, 0.2) is 121 Å². The first-order valence-electron chi connectivity index (χ1n) is 11.5. The van der Waals surface area contributed by atoms with Crippen LogP contribution in [-0.2, 0) is 5.41 Å². The van der Waals surface area contributed by atoms with Gasteiger partial charge < -0.3 is 0 Å². The molecule has 0 saturated heterocycles. The molecule has 4 aromatic carbocycles. The third-order valence-electron chi connectivity index (χ3n) is 6.34. The summed E-state index contributed by atoms with van der Waals surface area (Å²) in [5.41, 5.74) is 8.58. The Hall–Kier alpha value is -3.64. The molecule has 0 aliphatic heterocycles. The van der Waals surface area contributed by atoms with Crippen molar-refractivity contribution in [3.63, 3.8) is 0 Å². The van der Waals surface area contributed by atoms with Gasteiger partial charge in [-0.25, -0.2) is 0 Å². The van der Waals surface area contributed by atoms with Gasteiger partial charge in [0.25, 0.3) is 0 Å². The van der Waals surface area contributed by atoms with Crippen LogP contribution >= 0.6 is 0 Å². The maximum absolute atomic E-state index is 4.08. The molecule has 0 N–H and O–H groups in total. The summed E-state index contributed by atoms with van der Waals surface area (Å²) in [7, 11) is 0. The molecule has 0 heteroatoms. The molecule has 0 heterocycles. The SMILES string of the molecule is CCCC1(c2ccccc2)[C]=C(c2ccccc2)C(c2ccccc2)=C1c1ccccc1. The Kier molecular flexibility index (Phi) is 5.60. The monoisotopic (exact) mass is 411 g/mol. The molecule has 32 heavy (non-hydrogen) atoms. The zero-order chi connectivity index (χ0) is 21.8. The first-order valence-corrected chi connectivity index (χ1v) is 11.5. The van der Waals surface area contributed by atoms with Crippen LogP contribution in [0.4, 0.5) is 0 Å². The van der Waals surface area contributed by atoms with Crippen LogP contribution in [0.5, 0.6) is 0 Å². The molecule has 0 spiro atoms. The maximum atomic E-state index is 4.08. The molecular formula is C32H27. The standard InChI is InChI=1S/C32H27/c1-2-23-32(28-21-13-6-14-22-28)24-29(25-15-7-3-8-16-25)30(26-17-9-4-10-18-26)31(32)27-19-11-5-12-20-27/h3-22H,2,23H2,1H3. The van der Waals surface area contributed by atoms with E-state index in [0.717, 1.165) is 12.8 Å². The molecule has 0 amide bonds. The Morgan fingerprint density at radius 3 is 1.56 bits per heavy atom. The molecule has 4 aromatic rings. The van der Waals surface area contributed by atoms with Gasteiger partial charge in [0, 0.05) is 5.41 Å². The summed E-state index contributed by atoms with van der Waals surface area (Å²) >= 11 is 0. The first kappa shape index (κ1) is 20.3. The molecule has 0 nitrogen and oxygen atoms in total. The average molecular weight is 412 g/mol. The Morgan fingerprint density at radius 2 is 1.03 bits per heavy atom. The molecule has 155 valence electrons. The third kappa shape index (κ3) is 3.52. The number of benzene rings is 4. The van der Waals surface area contributed by atoms with Gasteiger partial charge in [-0.1, -0.05) is 135 Å². The fourth-order valence-electron chi connectivity index (χ4n) is 5.03. The maximum Gasteiger partial charge on any atom is 0.0473 e. The molecule has 0 bridgehead atoms. The van der Waals surface area contributed by atoms with Gasteiger partial charge in [-0.3, -0.25) is 0 Å². The van der Waals surface area contributed by atoms with Crippen LogP contribution in [0.2, 0.25) is 0 Å². The van der Waals surface area contributed by atoms with Crippen molar-refractivity contribution < 1.29 is 0 Å². The van der Waals surface area contributed by atoms with Crippen LogP contribution in [0.1, 0.15) is 42.0 Å². The van der Waals surface area contributed by atoms with Crippen molar-refractivity contribution in [3.05, 3.63) is 150 Å². The van der Waals surface area contributed by atoms with E-state index < -0.39 is 0 Å². The van der Waals surface area contributed by atoms with Gasteiger partial charge in [-0.15, -0.1) is 0 Å². The van der Waals surface area contributed by atoms with E-state index in [2.05, 4.69) is 134 Å². The highest BCUT2D eigenvalue weighted by Gasteiger charge is 2.42. The molecule has 1 aliphatic rings. The number of hydrogen-bond donors (Lipinski definition) is 0. The molecule has 1 aliphatic carbocycles. The van der Waals surface area contributed by atoms with Gasteiger partial charge in [0.1, 0.15) is 0 Å². The van der Waals surface area contributed by atoms with Gasteiger partial charge in [0.2, 0.25) is 0 Å². The highest BCUT2D eigenvalue weighted by molar-refractivity contribution is 6.20. The minimum atomic E-state index is -0.298. The lowest BCUT2D eigenvalue weighted by molar-refractivity contribution is 0.598. The molecule has 5 rings (SSSR count). The summed E-state index contributed by atoms with van der Waals surface area (Å²) in [6.07, 6.45) is 6.16. The van der Waals surface area contributed by atoms with Crippen molar-refractivity contribution in [2.24, 2.45) is 0 Å². The summed E-state index contributed by atoms with van der Waals surface area (Å²) in [5, 5.41) is 0. The zero-order valence-corrected chi connectivity index (χ0v) is 18.5. The van der Waals surface area contributed by atoms with Gasteiger partial charge in [-0.05, 0) is 51.5 Å². The van der Waals surface area contributed by atoms with Crippen LogP contribution < -0.4 is 0 Å². The Balaban J connectivity index is 1.90. The third-order valence-corrected chi connectivity index (χ3v) is 6.34. The smallest absolute Gasteiger partial charge is 0.0473 e. The van der Waals surface area contributed by atoms with Crippen molar-refractivity contribution >= 4 is 16.7 Å². The van der Waals surface area contributed by atoms with E-state index in [1.54, 1.807) is 0 Å². The molecule has 1 radical (unpaired) electrons. The Bertz CT molecular complexity index is 1230. The minimum absolute atomic E-state index is 0.298. The predicted octanol–water partition coefficient (Wildman–Crippen LogP) is 8.24. The van der Waals surface area contributed by atoms with Crippen molar-refractivity contribution in [2.45, 2.75) is 25.2 Å². The highest BCUT2D eigenvalue weighted by atomic mass is 14.4. The highest BCUT2D eigenvalue weighted by Crippen LogP contribution is 2.56. The van der Waals surface area contributed by atoms with Crippen molar-refractivity contribution in [1.82, 2.24) is 0 Å². The van der Waals surface area contributed by atoms with Crippen molar-refractivity contribution in [2.75, 3.05) is 0 Å². The summed E-state index contributed by atoms with van der Waals surface area (Å²) in [6, 6.07) is 43.4. The molecular weight excluding hydrogens is 384 g/mol. The normalized spacial score (nSPS) is 18.0. The van der Waals surface area contributed by atoms with Gasteiger partial charge in [0.05, 0.1) is 0 Å². The number of rotatable bonds is 6. The second-order valence-corrected chi connectivity index (χ2v) is 8.37. The summed E-state index contributed by atoms with van der Waals surface area (Å²) in [5.74, 6) is 0. The first-order chi connectivity index (χ1) is 15.8. The largest absolute Gasteiger partial charge is 0.0653 e. The second-order valence-electron chi connectivity index (χ2n) is 8.37. The quantitative estimate of drug-likeness (QED) is 0.300. The second kappa shape index (κ2) is 8.85. The average Bonchev–Trinajstić information content (AvgIpc) is 3.22. The summed E-state index contributed by atoms with van der Waals surface area (Å²) in [4.78, 5) is 0. The van der Waals surface area contributed by atoms with Crippen LogP contribution in [0.25, 0.3) is 16.7 Å². The number of hydrogen-bond acceptors (Lipinski definition) is 0. The summed E-state index contributed by atoms with van der Waals surface area (Å²) < 4.78 is 0. The van der Waals surface area contributed by atoms with Gasteiger partial charge in [0.15, 0.2) is 0 Å². The van der Waals surface area contributed by atoms with E-state index >= 15 is 0 Å². The minimum Gasteiger partial charge on any atom is -0.0653 e. The van der Waals surface area contributed by atoms with E-state index in [9.17, 15) is 0 Å². The summed E-state index contributed by atoms with van der Waals surface area (Å²) in [6.45, 7) is 2.28. The van der Waals surface area contributed by atoms with Crippen LogP contribution in [-0.4, -0.2) is 0 Å². The van der Waals surface area contributed by atoms with Crippen molar-refractivity contribution in [1.29, 1.82) is 0 Å². The molecule has 0 saturated carbocycles. The van der Waals surface area contributed by atoms with E-state index in [1.807, 2.05) is 0 Å². The Labute approximate surface area is 191 Å². The van der Waals surface area contributed by atoms with Gasteiger partial charge >= 0.3 is 0 Å². The lowest BCUT2D eigenvalue weighted by Crippen LogP contribution is -2.24. The fourth-order valence-corrected chi connectivity index (χ4v) is 5.03. The lowest BCUT2D eigenvalue weighted by Gasteiger charge is -2.32. The molecule has 1 atom stereocenters. The fraction of sp³-hybridized carbons (Fsp3) is 0.125. The lowest BCUT2D eigenvalue weighted by atomic mass is 9.70. The van der Waals surface area contributed by atoms with E-state index in [0.29, 0.717) is 0 Å². The zero-order valence-electron chi connectivity index (χ0n) is 18.5. The van der Waals surface area contributed by atoms with E-state index in [1.165, 1.54) is 39.0 Å². The topological polar surface area (TPSA) is 0 Å². The van der Waals surface area contributed by atoms with Crippen LogP contribution in [0, 0.1) is 6.08 Å². The van der Waals surface area contributed by atoms with Gasteiger partial charge in [-0.2, -0.15) is 0 Å². The molecule has 1 unspecified atom stereocenters. The van der Waals surface area contributed by atoms with Crippen molar-refractivity contribution in [3.8, 4) is 0 Å². The molecule has 0 fully saturated rings. The Morgan fingerprint density at radius 1 is 0.562 bits per heavy atom. The predicted molar refractivity (Wildman–Crippen MR) is 136 cm³/mol. The van der Waals surface area contributed by atoms with E-state index in [4.69, 9.17) is 0 Å².